The highest BCUT2D eigenvalue weighted by atomic mass is 16.5. The first-order valence-electron chi connectivity index (χ1n) is 8.16. The molecule has 5 nitrogen and oxygen atoms in total. The first-order chi connectivity index (χ1) is 11.0. The number of amides is 1. The number of aryl methyl sites for hydroxylation is 1. The summed E-state index contributed by atoms with van der Waals surface area (Å²) in [7, 11) is 1.40. The molecule has 1 amide bonds. The maximum Gasteiger partial charge on any atom is 0.305 e. The average molecular weight is 318 g/mol. The van der Waals surface area contributed by atoms with E-state index in [9.17, 15) is 9.59 Å². The summed E-state index contributed by atoms with van der Waals surface area (Å²) in [6.45, 7) is 6.52. The number of nitrogens with zero attached hydrogens (tertiary/aromatic N) is 1. The second-order valence-corrected chi connectivity index (χ2v) is 6.36. The fraction of sp³-hybridized carbons (Fsp3) is 0.556. The summed E-state index contributed by atoms with van der Waals surface area (Å²) in [4.78, 5) is 25.6. The van der Waals surface area contributed by atoms with Crippen LogP contribution in [-0.2, 0) is 27.3 Å². The molecular formula is C18H26N2O3. The van der Waals surface area contributed by atoms with Crippen molar-refractivity contribution in [2.75, 3.05) is 20.2 Å². The van der Waals surface area contributed by atoms with Gasteiger partial charge in [-0.1, -0.05) is 24.3 Å². The van der Waals surface area contributed by atoms with Crippen molar-refractivity contribution in [1.29, 1.82) is 0 Å². The molecule has 1 aliphatic rings. The van der Waals surface area contributed by atoms with Crippen molar-refractivity contribution in [3.05, 3.63) is 35.4 Å². The molecule has 1 saturated heterocycles. The molecule has 1 aromatic rings. The third-order valence-electron chi connectivity index (χ3n) is 4.31. The highest BCUT2D eigenvalue weighted by Gasteiger charge is 2.33. The number of ether oxygens (including phenoxy) is 1. The quantitative estimate of drug-likeness (QED) is 0.778. The van der Waals surface area contributed by atoms with E-state index in [0.29, 0.717) is 25.4 Å². The summed E-state index contributed by atoms with van der Waals surface area (Å²) in [6, 6.07) is 8.47. The van der Waals surface area contributed by atoms with Gasteiger partial charge >= 0.3 is 5.97 Å². The Morgan fingerprint density at radius 1 is 1.30 bits per heavy atom. The Bertz CT molecular complexity index is 551. The van der Waals surface area contributed by atoms with Crippen molar-refractivity contribution in [2.24, 2.45) is 5.92 Å². The van der Waals surface area contributed by atoms with Gasteiger partial charge in [0.1, 0.15) is 0 Å². The average Bonchev–Trinajstić information content (AvgIpc) is 2.49. The molecule has 1 N–H and O–H groups in total. The van der Waals surface area contributed by atoms with Gasteiger partial charge in [0, 0.05) is 32.1 Å². The van der Waals surface area contributed by atoms with E-state index in [4.69, 9.17) is 0 Å². The van der Waals surface area contributed by atoms with Crippen LogP contribution in [0.2, 0.25) is 0 Å². The second-order valence-electron chi connectivity index (χ2n) is 6.36. The van der Waals surface area contributed by atoms with E-state index in [1.54, 1.807) is 0 Å². The van der Waals surface area contributed by atoms with Crippen LogP contribution >= 0.6 is 0 Å². The number of methoxy groups -OCH3 is 1. The standard InChI is InChI=1S/C18H26N2O3/c1-13(2)20-11-16(12-20)18(22)19-10-15-6-4-5-14(9-15)7-8-17(21)23-3/h4-6,9,13,16H,7-8,10-12H2,1-3H3,(H,19,22). The third kappa shape index (κ3) is 5.06. The zero-order chi connectivity index (χ0) is 16.8. The van der Waals surface area contributed by atoms with E-state index in [0.717, 1.165) is 24.2 Å². The Hall–Kier alpha value is -1.88. The topological polar surface area (TPSA) is 58.6 Å². The van der Waals surface area contributed by atoms with Gasteiger partial charge in [-0.15, -0.1) is 0 Å². The monoisotopic (exact) mass is 318 g/mol. The minimum Gasteiger partial charge on any atom is -0.469 e. The molecule has 0 bridgehead atoms. The molecule has 2 rings (SSSR count). The van der Waals surface area contributed by atoms with Crippen LogP contribution in [0.15, 0.2) is 24.3 Å². The lowest BCUT2D eigenvalue weighted by Gasteiger charge is -2.41. The van der Waals surface area contributed by atoms with Gasteiger partial charge in [0.2, 0.25) is 5.91 Å². The van der Waals surface area contributed by atoms with E-state index >= 15 is 0 Å². The molecule has 23 heavy (non-hydrogen) atoms. The summed E-state index contributed by atoms with van der Waals surface area (Å²) in [5.74, 6) is 0.0326. The number of carbonyl (C=O) groups excluding carboxylic acids is 2. The van der Waals surface area contributed by atoms with Gasteiger partial charge in [-0.2, -0.15) is 0 Å². The van der Waals surface area contributed by atoms with Crippen LogP contribution < -0.4 is 5.32 Å². The number of nitrogens with one attached hydrogen (secondary N) is 1. The first-order valence-corrected chi connectivity index (χ1v) is 8.16. The molecule has 0 atom stereocenters. The highest BCUT2D eigenvalue weighted by Crippen LogP contribution is 2.18. The maximum absolute atomic E-state index is 12.1. The molecule has 0 saturated carbocycles. The number of hydrogen-bond donors (Lipinski definition) is 1. The van der Waals surface area contributed by atoms with E-state index in [1.807, 2.05) is 24.3 Å². The fourth-order valence-electron chi connectivity index (χ4n) is 2.68. The van der Waals surface area contributed by atoms with Crippen LogP contribution in [0.25, 0.3) is 0 Å². The normalized spacial score (nSPS) is 15.3. The molecule has 0 radical (unpaired) electrons. The van der Waals surface area contributed by atoms with Crippen molar-refractivity contribution in [3.8, 4) is 0 Å². The number of rotatable bonds is 7. The largest absolute Gasteiger partial charge is 0.469 e. The Morgan fingerprint density at radius 2 is 2.00 bits per heavy atom. The van der Waals surface area contributed by atoms with Gasteiger partial charge in [0.15, 0.2) is 0 Å². The molecule has 5 heteroatoms. The predicted molar refractivity (Wildman–Crippen MR) is 88.8 cm³/mol. The molecule has 1 aliphatic heterocycles. The van der Waals surface area contributed by atoms with Crippen molar-refractivity contribution in [1.82, 2.24) is 10.2 Å². The second kappa shape index (κ2) is 8.11. The number of hydrogen-bond acceptors (Lipinski definition) is 4. The zero-order valence-electron chi connectivity index (χ0n) is 14.2. The minimum absolute atomic E-state index is 0.111. The Labute approximate surface area is 138 Å². The van der Waals surface area contributed by atoms with Crippen LogP contribution in [0.3, 0.4) is 0 Å². The van der Waals surface area contributed by atoms with Crippen LogP contribution in [0.5, 0.6) is 0 Å². The Kier molecular flexibility index (Phi) is 6.16. The SMILES string of the molecule is COC(=O)CCc1cccc(CNC(=O)C2CN(C(C)C)C2)c1. The predicted octanol–water partition coefficient (Wildman–Crippen LogP) is 1.75. The van der Waals surface area contributed by atoms with E-state index in [1.165, 1.54) is 7.11 Å². The van der Waals surface area contributed by atoms with Crippen LogP contribution in [0.4, 0.5) is 0 Å². The van der Waals surface area contributed by atoms with Crippen LogP contribution in [0, 0.1) is 5.92 Å². The highest BCUT2D eigenvalue weighted by molar-refractivity contribution is 5.80. The number of benzene rings is 1. The molecule has 126 valence electrons. The Morgan fingerprint density at radius 3 is 2.65 bits per heavy atom. The molecule has 0 unspecified atom stereocenters. The van der Waals surface area contributed by atoms with Gasteiger partial charge in [0.25, 0.3) is 0 Å². The zero-order valence-corrected chi connectivity index (χ0v) is 14.2. The van der Waals surface area contributed by atoms with Gasteiger partial charge in [0.05, 0.1) is 13.0 Å². The maximum atomic E-state index is 12.1. The lowest BCUT2D eigenvalue weighted by atomic mass is 9.97. The van der Waals surface area contributed by atoms with Gasteiger partial charge in [-0.25, -0.2) is 0 Å². The summed E-state index contributed by atoms with van der Waals surface area (Å²) < 4.78 is 4.65. The van der Waals surface area contributed by atoms with E-state index in [-0.39, 0.29) is 17.8 Å². The van der Waals surface area contributed by atoms with Crippen LogP contribution in [-0.4, -0.2) is 43.0 Å². The first kappa shape index (κ1) is 17.5. The van der Waals surface area contributed by atoms with Crippen molar-refractivity contribution in [2.45, 2.75) is 39.3 Å². The number of carbonyl (C=O) groups is 2. The third-order valence-corrected chi connectivity index (χ3v) is 4.31. The molecular weight excluding hydrogens is 292 g/mol. The lowest BCUT2D eigenvalue weighted by molar-refractivity contribution is -0.140. The number of likely N-dealkylation sites (tertiary alicyclic amines) is 1. The van der Waals surface area contributed by atoms with Gasteiger partial charge in [-0.05, 0) is 31.4 Å². The van der Waals surface area contributed by atoms with Gasteiger partial charge in [-0.3, -0.25) is 14.5 Å². The summed E-state index contributed by atoms with van der Waals surface area (Å²) in [5.41, 5.74) is 2.14. The number of esters is 1. The fourth-order valence-corrected chi connectivity index (χ4v) is 2.68. The molecule has 0 aliphatic carbocycles. The van der Waals surface area contributed by atoms with Gasteiger partial charge < -0.3 is 10.1 Å². The molecule has 0 spiro atoms. The summed E-state index contributed by atoms with van der Waals surface area (Å²) in [5, 5.41) is 3.01. The van der Waals surface area contributed by atoms with E-state index in [2.05, 4.69) is 28.8 Å². The minimum atomic E-state index is -0.205. The van der Waals surface area contributed by atoms with Crippen molar-refractivity contribution in [3.63, 3.8) is 0 Å². The Balaban J connectivity index is 1.77. The van der Waals surface area contributed by atoms with Crippen molar-refractivity contribution >= 4 is 11.9 Å². The molecule has 1 fully saturated rings. The molecule has 1 heterocycles. The summed E-state index contributed by atoms with van der Waals surface area (Å²) >= 11 is 0. The smallest absolute Gasteiger partial charge is 0.305 e. The van der Waals surface area contributed by atoms with Crippen molar-refractivity contribution < 1.29 is 14.3 Å². The molecule has 0 aromatic heterocycles. The lowest BCUT2D eigenvalue weighted by Crippen LogP contribution is -2.55. The van der Waals surface area contributed by atoms with Crippen LogP contribution in [0.1, 0.15) is 31.4 Å². The molecule has 1 aromatic carbocycles. The van der Waals surface area contributed by atoms with E-state index < -0.39 is 0 Å². The summed E-state index contributed by atoms with van der Waals surface area (Å²) in [6.07, 6.45) is 1.03.